The third kappa shape index (κ3) is 3.23. The van der Waals surface area contributed by atoms with Gasteiger partial charge in [0.2, 0.25) is 0 Å². The fraction of sp³-hybridized carbons (Fsp3) is 0.500. The summed E-state index contributed by atoms with van der Waals surface area (Å²) in [5, 5.41) is 11.7. The third-order valence-corrected chi connectivity index (χ3v) is 3.61. The first kappa shape index (κ1) is 13.8. The van der Waals surface area contributed by atoms with E-state index in [1.54, 1.807) is 6.07 Å². The molecule has 0 unspecified atom stereocenters. The van der Waals surface area contributed by atoms with E-state index in [4.69, 9.17) is 10.9 Å². The van der Waals surface area contributed by atoms with Crippen LogP contribution >= 0.6 is 0 Å². The zero-order chi connectivity index (χ0) is 14.0. The molecule has 1 aliphatic rings. The van der Waals surface area contributed by atoms with Crippen LogP contribution in [0.1, 0.15) is 31.4 Å². The van der Waals surface area contributed by atoms with Crippen molar-refractivity contribution in [3.8, 4) is 0 Å². The van der Waals surface area contributed by atoms with Crippen molar-refractivity contribution in [1.82, 2.24) is 4.90 Å². The summed E-state index contributed by atoms with van der Waals surface area (Å²) in [6.07, 6.45) is 1.15. The second-order valence-corrected chi connectivity index (χ2v) is 5.91. The van der Waals surface area contributed by atoms with E-state index < -0.39 is 0 Å². The monoisotopic (exact) mass is 265 g/mol. The van der Waals surface area contributed by atoms with Crippen LogP contribution in [-0.4, -0.2) is 29.0 Å². The lowest BCUT2D eigenvalue weighted by Crippen LogP contribution is -2.25. The molecule has 0 atom stereocenters. The Morgan fingerprint density at radius 1 is 1.53 bits per heavy atom. The number of nitrogens with two attached hydrogens (primary N) is 1. The molecule has 1 aliphatic heterocycles. The number of rotatable bonds is 3. The Morgan fingerprint density at radius 3 is 2.84 bits per heavy atom. The molecule has 0 aliphatic carbocycles. The van der Waals surface area contributed by atoms with E-state index in [9.17, 15) is 4.39 Å². The maximum absolute atomic E-state index is 13.3. The van der Waals surface area contributed by atoms with Gasteiger partial charge < -0.3 is 10.9 Å². The summed E-state index contributed by atoms with van der Waals surface area (Å²) in [4.78, 5) is 2.31. The Bertz CT molecular complexity index is 499. The minimum absolute atomic E-state index is 0.0482. The molecule has 0 aromatic heterocycles. The molecule has 3 N–H and O–H groups in total. The van der Waals surface area contributed by atoms with Crippen LogP contribution in [0.15, 0.2) is 23.4 Å². The van der Waals surface area contributed by atoms with Gasteiger partial charge in [0.15, 0.2) is 5.84 Å². The van der Waals surface area contributed by atoms with Gasteiger partial charge in [0.05, 0.1) is 0 Å². The van der Waals surface area contributed by atoms with Crippen LogP contribution in [0, 0.1) is 11.2 Å². The molecule has 0 spiro atoms. The first-order chi connectivity index (χ1) is 8.91. The molecule has 0 amide bonds. The molecule has 2 rings (SSSR count). The smallest absolute Gasteiger partial charge is 0.170 e. The summed E-state index contributed by atoms with van der Waals surface area (Å²) in [5.41, 5.74) is 7.27. The van der Waals surface area contributed by atoms with Crippen molar-refractivity contribution >= 4 is 5.84 Å². The molecule has 0 radical (unpaired) electrons. The standard InChI is InChI=1S/C14H20FN3O/c1-14(2)5-6-18(9-14)8-10-3-4-11(15)7-12(10)13(16)17-19/h3-4,7,19H,5-6,8-9H2,1-2H3,(H2,16,17). The number of hydrogen-bond acceptors (Lipinski definition) is 3. The Hall–Kier alpha value is -1.62. The van der Waals surface area contributed by atoms with E-state index in [1.807, 2.05) is 0 Å². The van der Waals surface area contributed by atoms with Crippen molar-refractivity contribution in [2.75, 3.05) is 13.1 Å². The Morgan fingerprint density at radius 2 is 2.26 bits per heavy atom. The lowest BCUT2D eigenvalue weighted by Gasteiger charge is -2.20. The number of hydrogen-bond donors (Lipinski definition) is 2. The van der Waals surface area contributed by atoms with Gasteiger partial charge in [-0.3, -0.25) is 4.90 Å². The van der Waals surface area contributed by atoms with Gasteiger partial charge in [-0.2, -0.15) is 0 Å². The molecule has 4 nitrogen and oxygen atoms in total. The maximum Gasteiger partial charge on any atom is 0.170 e. The number of nitrogens with zero attached hydrogens (tertiary/aromatic N) is 2. The van der Waals surface area contributed by atoms with Gasteiger partial charge in [0.25, 0.3) is 0 Å². The highest BCUT2D eigenvalue weighted by molar-refractivity contribution is 5.98. The SMILES string of the molecule is CC1(C)CCN(Cc2ccc(F)cc2C(N)=NO)C1. The van der Waals surface area contributed by atoms with Crippen LogP contribution in [0.4, 0.5) is 4.39 Å². The van der Waals surface area contributed by atoms with Gasteiger partial charge in [-0.25, -0.2) is 4.39 Å². The Kier molecular flexibility index (Phi) is 3.75. The number of benzene rings is 1. The largest absolute Gasteiger partial charge is 0.409 e. The van der Waals surface area contributed by atoms with E-state index in [0.717, 1.165) is 25.1 Å². The second kappa shape index (κ2) is 5.17. The van der Waals surface area contributed by atoms with E-state index in [0.29, 0.717) is 17.5 Å². The molecular weight excluding hydrogens is 245 g/mol. The number of likely N-dealkylation sites (tertiary alicyclic amines) is 1. The van der Waals surface area contributed by atoms with E-state index >= 15 is 0 Å². The topological polar surface area (TPSA) is 61.8 Å². The number of halogens is 1. The van der Waals surface area contributed by atoms with Crippen LogP contribution in [0.25, 0.3) is 0 Å². The maximum atomic E-state index is 13.3. The Labute approximate surface area is 112 Å². The van der Waals surface area contributed by atoms with Gasteiger partial charge in [-0.15, -0.1) is 0 Å². The predicted molar refractivity (Wildman–Crippen MR) is 72.6 cm³/mol. The predicted octanol–water partition coefficient (Wildman–Crippen LogP) is 2.15. The fourth-order valence-corrected chi connectivity index (χ4v) is 2.58. The lowest BCUT2D eigenvalue weighted by atomic mass is 9.93. The van der Waals surface area contributed by atoms with Crippen molar-refractivity contribution in [1.29, 1.82) is 0 Å². The summed E-state index contributed by atoms with van der Waals surface area (Å²) in [6, 6.07) is 4.42. The van der Waals surface area contributed by atoms with Crippen LogP contribution < -0.4 is 5.73 Å². The van der Waals surface area contributed by atoms with Gasteiger partial charge in [0.1, 0.15) is 5.82 Å². The van der Waals surface area contributed by atoms with E-state index in [2.05, 4.69) is 23.9 Å². The van der Waals surface area contributed by atoms with Crippen LogP contribution in [-0.2, 0) is 6.54 Å². The summed E-state index contributed by atoms with van der Waals surface area (Å²) in [5.74, 6) is -0.431. The highest BCUT2D eigenvalue weighted by Crippen LogP contribution is 2.30. The summed E-state index contributed by atoms with van der Waals surface area (Å²) in [6.45, 7) is 7.18. The minimum Gasteiger partial charge on any atom is -0.409 e. The number of oxime groups is 1. The average Bonchev–Trinajstić information content (AvgIpc) is 2.70. The van der Waals surface area contributed by atoms with Crippen LogP contribution in [0.3, 0.4) is 0 Å². The van der Waals surface area contributed by atoms with Crippen molar-refractivity contribution in [2.45, 2.75) is 26.8 Å². The van der Waals surface area contributed by atoms with Crippen molar-refractivity contribution < 1.29 is 9.60 Å². The summed E-state index contributed by atoms with van der Waals surface area (Å²) in [7, 11) is 0. The molecule has 0 bridgehead atoms. The van der Waals surface area contributed by atoms with Gasteiger partial charge in [0, 0.05) is 18.7 Å². The van der Waals surface area contributed by atoms with Gasteiger partial charge in [-0.1, -0.05) is 25.1 Å². The molecule has 19 heavy (non-hydrogen) atoms. The summed E-state index contributed by atoms with van der Waals surface area (Å²) >= 11 is 0. The molecule has 104 valence electrons. The molecule has 1 fully saturated rings. The van der Waals surface area contributed by atoms with Gasteiger partial charge in [-0.05, 0) is 36.1 Å². The molecule has 1 heterocycles. The lowest BCUT2D eigenvalue weighted by molar-refractivity contribution is 0.284. The molecule has 1 aromatic carbocycles. The first-order valence-corrected chi connectivity index (χ1v) is 6.40. The van der Waals surface area contributed by atoms with Crippen molar-refractivity contribution in [2.24, 2.45) is 16.3 Å². The zero-order valence-electron chi connectivity index (χ0n) is 11.4. The highest BCUT2D eigenvalue weighted by Gasteiger charge is 2.29. The molecule has 5 heteroatoms. The quantitative estimate of drug-likeness (QED) is 0.381. The van der Waals surface area contributed by atoms with Crippen molar-refractivity contribution in [3.05, 3.63) is 35.1 Å². The zero-order valence-corrected chi connectivity index (χ0v) is 11.4. The van der Waals surface area contributed by atoms with E-state index in [1.165, 1.54) is 12.1 Å². The molecule has 1 saturated heterocycles. The van der Waals surface area contributed by atoms with Gasteiger partial charge >= 0.3 is 0 Å². The van der Waals surface area contributed by atoms with E-state index in [-0.39, 0.29) is 11.7 Å². The van der Waals surface area contributed by atoms with Crippen LogP contribution in [0.2, 0.25) is 0 Å². The highest BCUT2D eigenvalue weighted by atomic mass is 19.1. The third-order valence-electron chi connectivity index (χ3n) is 3.61. The first-order valence-electron chi connectivity index (χ1n) is 6.40. The minimum atomic E-state index is -0.382. The van der Waals surface area contributed by atoms with Crippen molar-refractivity contribution in [3.63, 3.8) is 0 Å². The summed E-state index contributed by atoms with van der Waals surface area (Å²) < 4.78 is 13.3. The fourth-order valence-electron chi connectivity index (χ4n) is 2.58. The normalized spacial score (nSPS) is 19.8. The Balaban J connectivity index is 2.21. The second-order valence-electron chi connectivity index (χ2n) is 5.91. The number of amidine groups is 1. The van der Waals surface area contributed by atoms with Crippen LogP contribution in [0.5, 0.6) is 0 Å². The molecular formula is C14H20FN3O. The average molecular weight is 265 g/mol. The molecule has 0 saturated carbocycles. The molecule has 1 aromatic rings.